The lowest BCUT2D eigenvalue weighted by Gasteiger charge is -2.21. The second kappa shape index (κ2) is 65.0. The van der Waals surface area contributed by atoms with E-state index in [-0.39, 0.29) is 25.7 Å². The molecule has 0 radical (unpaired) electrons. The van der Waals surface area contributed by atoms with Crippen LogP contribution in [0.2, 0.25) is 0 Å². The highest BCUT2D eigenvalue weighted by molar-refractivity contribution is 7.47. The van der Waals surface area contributed by atoms with Crippen LogP contribution < -0.4 is 0 Å². The Morgan fingerprint density at radius 3 is 0.739 bits per heavy atom. The highest BCUT2D eigenvalue weighted by Crippen LogP contribution is 2.45. The van der Waals surface area contributed by atoms with E-state index in [1.807, 2.05) is 0 Å². The molecule has 0 rings (SSSR count). The highest BCUT2D eigenvalue weighted by Gasteiger charge is 2.30. The lowest BCUT2D eigenvalue weighted by atomic mass is 10.0. The van der Waals surface area contributed by atoms with Gasteiger partial charge in [-0.25, -0.2) is 9.13 Å². The molecule has 0 aliphatic heterocycles. The molecule has 0 aromatic heterocycles. The third kappa shape index (κ3) is 66.7. The molecule has 92 heavy (non-hydrogen) atoms. The van der Waals surface area contributed by atoms with Gasteiger partial charge in [-0.1, -0.05) is 324 Å². The zero-order valence-corrected chi connectivity index (χ0v) is 61.6. The van der Waals surface area contributed by atoms with Crippen LogP contribution in [-0.2, 0) is 65.4 Å². The summed E-state index contributed by atoms with van der Waals surface area (Å²) >= 11 is 0. The number of aliphatic hydroxyl groups is 1. The molecule has 0 saturated heterocycles. The molecule has 0 bridgehead atoms. The average Bonchev–Trinajstić information content (AvgIpc) is 1.92. The number of ether oxygens (including phenoxy) is 4. The first-order valence-electron chi connectivity index (χ1n) is 38.0. The lowest BCUT2D eigenvalue weighted by molar-refractivity contribution is -0.161. The summed E-state index contributed by atoms with van der Waals surface area (Å²) in [7, 11) is -9.90. The van der Waals surface area contributed by atoms with Crippen LogP contribution in [0.1, 0.15) is 375 Å². The van der Waals surface area contributed by atoms with Gasteiger partial charge in [-0.05, 0) is 37.5 Å². The van der Waals surface area contributed by atoms with Gasteiger partial charge in [0.15, 0.2) is 12.2 Å². The van der Waals surface area contributed by atoms with Crippen molar-refractivity contribution in [2.45, 2.75) is 394 Å². The van der Waals surface area contributed by atoms with Crippen molar-refractivity contribution in [2.24, 2.45) is 11.8 Å². The zero-order chi connectivity index (χ0) is 67.9. The van der Waals surface area contributed by atoms with Crippen molar-refractivity contribution in [1.29, 1.82) is 0 Å². The Hall–Kier alpha value is -1.94. The van der Waals surface area contributed by atoms with E-state index in [1.165, 1.54) is 186 Å². The van der Waals surface area contributed by atoms with Gasteiger partial charge in [0, 0.05) is 25.7 Å². The molecule has 0 aliphatic carbocycles. The molecule has 0 amide bonds. The summed E-state index contributed by atoms with van der Waals surface area (Å²) in [4.78, 5) is 72.6. The quantitative estimate of drug-likeness (QED) is 0.0222. The minimum absolute atomic E-state index is 0.105. The standard InChI is InChI=1S/C73H142O17P2/c1-7-9-11-13-15-17-19-20-22-26-29-33-36-43-49-55-70(75)83-61-68(89-73(78)58-52-46-38-34-30-27-24-21-23-25-28-31-35-41-47-53-65(3)4)63-87-91(79,80)85-59-67(74)60-86-92(81,82)88-64-69(62-84-71(76)56-50-44-40-39-42-48-54-66(5)6)90-72(77)57-51-45-37-32-18-16-14-12-10-8-2/h65-69,74H,7-64H2,1-6H3,(H,79,80)(H,81,82)/t67-,68-,69-/m1/s1. The summed E-state index contributed by atoms with van der Waals surface area (Å²) < 4.78 is 68.3. The van der Waals surface area contributed by atoms with E-state index in [1.54, 1.807) is 0 Å². The number of hydrogen-bond acceptors (Lipinski definition) is 15. The maximum Gasteiger partial charge on any atom is 0.472 e. The van der Waals surface area contributed by atoms with E-state index in [9.17, 15) is 43.2 Å². The Balaban J connectivity index is 5.21. The van der Waals surface area contributed by atoms with E-state index < -0.39 is 97.5 Å². The van der Waals surface area contributed by atoms with Crippen LogP contribution in [-0.4, -0.2) is 96.7 Å². The summed E-state index contributed by atoms with van der Waals surface area (Å²) in [6.07, 6.45) is 51.5. The topological polar surface area (TPSA) is 237 Å². The van der Waals surface area contributed by atoms with Gasteiger partial charge in [0.1, 0.15) is 19.3 Å². The molecule has 5 atom stereocenters. The Morgan fingerprint density at radius 2 is 0.500 bits per heavy atom. The van der Waals surface area contributed by atoms with Crippen molar-refractivity contribution < 1.29 is 80.2 Å². The fourth-order valence-corrected chi connectivity index (χ4v) is 12.7. The first-order valence-corrected chi connectivity index (χ1v) is 41.0. The fourth-order valence-electron chi connectivity index (χ4n) is 11.1. The molecule has 0 aromatic rings. The van der Waals surface area contributed by atoms with Gasteiger partial charge in [-0.3, -0.25) is 37.3 Å². The van der Waals surface area contributed by atoms with Gasteiger partial charge in [0.25, 0.3) is 0 Å². The fraction of sp³-hybridized carbons (Fsp3) is 0.945. The van der Waals surface area contributed by atoms with E-state index in [0.29, 0.717) is 31.6 Å². The second-order valence-corrected chi connectivity index (χ2v) is 30.2. The third-order valence-electron chi connectivity index (χ3n) is 17.0. The highest BCUT2D eigenvalue weighted by atomic mass is 31.2. The first kappa shape index (κ1) is 90.1. The number of phosphoric acid groups is 2. The van der Waals surface area contributed by atoms with Gasteiger partial charge in [-0.15, -0.1) is 0 Å². The molecule has 17 nitrogen and oxygen atoms in total. The van der Waals surface area contributed by atoms with Crippen molar-refractivity contribution in [3.8, 4) is 0 Å². The van der Waals surface area contributed by atoms with Gasteiger partial charge in [0.05, 0.1) is 26.4 Å². The second-order valence-electron chi connectivity index (χ2n) is 27.3. The molecule has 0 spiro atoms. The minimum Gasteiger partial charge on any atom is -0.462 e. The monoisotopic (exact) mass is 1350 g/mol. The molecule has 3 N–H and O–H groups in total. The van der Waals surface area contributed by atoms with Gasteiger partial charge >= 0.3 is 39.5 Å². The summed E-state index contributed by atoms with van der Waals surface area (Å²) in [6, 6.07) is 0. The van der Waals surface area contributed by atoms with Crippen molar-refractivity contribution in [3.05, 3.63) is 0 Å². The van der Waals surface area contributed by atoms with E-state index in [2.05, 4.69) is 41.5 Å². The maximum absolute atomic E-state index is 13.1. The first-order chi connectivity index (χ1) is 44.4. The Kier molecular flexibility index (Phi) is 63.7. The van der Waals surface area contributed by atoms with E-state index in [4.69, 9.17) is 37.0 Å². The Labute approximate surface area is 562 Å². The zero-order valence-electron chi connectivity index (χ0n) is 59.9. The normalized spacial score (nSPS) is 14.1. The predicted molar refractivity (Wildman–Crippen MR) is 372 cm³/mol. The lowest BCUT2D eigenvalue weighted by Crippen LogP contribution is -2.30. The SMILES string of the molecule is CCCCCCCCCCCCCCCCCC(=O)OC[C@H](COP(=O)(O)OC[C@@H](O)COP(=O)(O)OC[C@@H](COC(=O)CCCCCCCCC(C)C)OC(=O)CCCCCCCCCCCC)OC(=O)CCCCCCCCCCCCCCCCCC(C)C. The summed E-state index contributed by atoms with van der Waals surface area (Å²) in [5.74, 6) is -0.639. The number of phosphoric ester groups is 2. The van der Waals surface area contributed by atoms with Crippen molar-refractivity contribution in [1.82, 2.24) is 0 Å². The van der Waals surface area contributed by atoms with Crippen molar-refractivity contribution >= 4 is 39.5 Å². The van der Waals surface area contributed by atoms with E-state index in [0.717, 1.165) is 102 Å². The van der Waals surface area contributed by atoms with Crippen molar-refractivity contribution in [3.63, 3.8) is 0 Å². The molecule has 546 valence electrons. The summed E-state index contributed by atoms with van der Waals surface area (Å²) in [5.41, 5.74) is 0. The summed E-state index contributed by atoms with van der Waals surface area (Å²) in [5, 5.41) is 10.6. The molecule has 0 saturated carbocycles. The molecule has 0 fully saturated rings. The van der Waals surface area contributed by atoms with E-state index >= 15 is 0 Å². The number of unbranched alkanes of at least 4 members (excludes halogenated alkanes) is 42. The van der Waals surface area contributed by atoms with Crippen LogP contribution in [0.15, 0.2) is 0 Å². The number of rotatable bonds is 72. The smallest absolute Gasteiger partial charge is 0.462 e. The van der Waals surface area contributed by atoms with Gasteiger partial charge < -0.3 is 33.8 Å². The van der Waals surface area contributed by atoms with Crippen LogP contribution in [0, 0.1) is 11.8 Å². The average molecular weight is 1350 g/mol. The van der Waals surface area contributed by atoms with Crippen molar-refractivity contribution in [2.75, 3.05) is 39.6 Å². The molecule has 0 aromatic carbocycles. The molecule has 2 unspecified atom stereocenters. The number of carbonyl (C=O) groups is 4. The van der Waals surface area contributed by atoms with Crippen LogP contribution >= 0.6 is 15.6 Å². The molecule has 0 heterocycles. The largest absolute Gasteiger partial charge is 0.472 e. The van der Waals surface area contributed by atoms with Crippen LogP contribution in [0.4, 0.5) is 0 Å². The molecular formula is C73H142O17P2. The maximum atomic E-state index is 13.1. The molecule has 19 heteroatoms. The number of esters is 4. The molecular weight excluding hydrogens is 1210 g/mol. The number of hydrogen-bond donors (Lipinski definition) is 3. The van der Waals surface area contributed by atoms with Gasteiger partial charge in [0.2, 0.25) is 0 Å². The Bertz CT molecular complexity index is 1790. The van der Waals surface area contributed by atoms with Gasteiger partial charge in [-0.2, -0.15) is 0 Å². The van der Waals surface area contributed by atoms with Crippen LogP contribution in [0.25, 0.3) is 0 Å². The number of aliphatic hydroxyl groups excluding tert-OH is 1. The molecule has 0 aliphatic rings. The van der Waals surface area contributed by atoms with Crippen LogP contribution in [0.5, 0.6) is 0 Å². The predicted octanol–water partition coefficient (Wildman–Crippen LogP) is 21.2. The third-order valence-corrected chi connectivity index (χ3v) is 18.9. The number of carbonyl (C=O) groups excluding carboxylic acids is 4. The minimum atomic E-state index is -4.95. The van der Waals surface area contributed by atoms with Crippen LogP contribution in [0.3, 0.4) is 0 Å². The summed E-state index contributed by atoms with van der Waals surface area (Å²) in [6.45, 7) is 9.51. The Morgan fingerprint density at radius 1 is 0.293 bits per heavy atom.